The normalized spacial score (nSPS) is 17.5. The van der Waals surface area contributed by atoms with Crippen molar-refractivity contribution in [3.05, 3.63) is 29.8 Å². The molecular weight excluding hydrogens is 262 g/mol. The molecule has 0 saturated heterocycles. The molecule has 0 spiro atoms. The first-order valence-electron chi connectivity index (χ1n) is 8.08. The minimum absolute atomic E-state index is 0.661. The number of benzene rings is 1. The van der Waals surface area contributed by atoms with Gasteiger partial charge in [-0.15, -0.1) is 0 Å². The average molecular weight is 291 g/mol. The van der Waals surface area contributed by atoms with Crippen molar-refractivity contribution < 1.29 is 9.47 Å². The van der Waals surface area contributed by atoms with Crippen LogP contribution in [0.15, 0.2) is 24.3 Å². The Labute approximate surface area is 129 Å². The summed E-state index contributed by atoms with van der Waals surface area (Å²) in [7, 11) is 3.50. The van der Waals surface area contributed by atoms with Crippen LogP contribution < -0.4 is 10.1 Å². The molecule has 1 fully saturated rings. The van der Waals surface area contributed by atoms with Crippen molar-refractivity contribution in [2.24, 2.45) is 11.8 Å². The van der Waals surface area contributed by atoms with Gasteiger partial charge in [-0.3, -0.25) is 0 Å². The second-order valence-corrected chi connectivity index (χ2v) is 6.25. The van der Waals surface area contributed by atoms with Crippen LogP contribution in [0.3, 0.4) is 0 Å². The smallest absolute Gasteiger partial charge is 0.118 e. The van der Waals surface area contributed by atoms with Crippen molar-refractivity contribution in [1.82, 2.24) is 5.32 Å². The molecule has 0 amide bonds. The molecule has 1 N–H and O–H groups in total. The highest BCUT2D eigenvalue weighted by atomic mass is 16.5. The van der Waals surface area contributed by atoms with Crippen molar-refractivity contribution in [2.45, 2.75) is 38.6 Å². The number of rotatable bonds is 10. The van der Waals surface area contributed by atoms with Crippen LogP contribution in [0.1, 0.15) is 31.7 Å². The fraction of sp³-hybridized carbons (Fsp3) is 0.667. The fourth-order valence-electron chi connectivity index (χ4n) is 2.68. The van der Waals surface area contributed by atoms with Crippen LogP contribution >= 0.6 is 0 Å². The highest BCUT2D eigenvalue weighted by molar-refractivity contribution is 5.27. The minimum Gasteiger partial charge on any atom is -0.497 e. The summed E-state index contributed by atoms with van der Waals surface area (Å²) >= 11 is 0. The van der Waals surface area contributed by atoms with Gasteiger partial charge in [0.1, 0.15) is 5.75 Å². The Bertz CT molecular complexity index is 400. The van der Waals surface area contributed by atoms with E-state index in [9.17, 15) is 0 Å². The van der Waals surface area contributed by atoms with E-state index in [1.165, 1.54) is 18.4 Å². The molecule has 118 valence electrons. The van der Waals surface area contributed by atoms with Crippen LogP contribution in [-0.2, 0) is 11.2 Å². The van der Waals surface area contributed by atoms with E-state index in [1.54, 1.807) is 14.2 Å². The zero-order chi connectivity index (χ0) is 15.1. The molecule has 0 radical (unpaired) electrons. The Morgan fingerprint density at radius 2 is 1.90 bits per heavy atom. The largest absolute Gasteiger partial charge is 0.497 e. The molecule has 3 nitrogen and oxygen atoms in total. The molecule has 2 rings (SSSR count). The predicted octanol–water partition coefficient (Wildman–Crippen LogP) is 3.28. The number of nitrogens with one attached hydrogen (secondary N) is 1. The summed E-state index contributed by atoms with van der Waals surface area (Å²) < 4.78 is 10.5. The zero-order valence-corrected chi connectivity index (χ0v) is 13.6. The van der Waals surface area contributed by atoms with Crippen molar-refractivity contribution >= 4 is 0 Å². The van der Waals surface area contributed by atoms with Gasteiger partial charge in [-0.2, -0.15) is 0 Å². The number of methoxy groups -OCH3 is 2. The maximum atomic E-state index is 5.24. The molecule has 1 aliphatic rings. The summed E-state index contributed by atoms with van der Waals surface area (Å²) in [5, 5.41) is 3.69. The van der Waals surface area contributed by atoms with Crippen LogP contribution in [-0.4, -0.2) is 33.4 Å². The van der Waals surface area contributed by atoms with Crippen LogP contribution in [0.25, 0.3) is 0 Å². The molecule has 1 aliphatic carbocycles. The molecule has 3 heteroatoms. The van der Waals surface area contributed by atoms with Gasteiger partial charge in [0.05, 0.1) is 7.11 Å². The molecule has 0 bridgehead atoms. The topological polar surface area (TPSA) is 30.5 Å². The van der Waals surface area contributed by atoms with Gasteiger partial charge < -0.3 is 14.8 Å². The van der Waals surface area contributed by atoms with Gasteiger partial charge in [0.15, 0.2) is 0 Å². The molecule has 1 aromatic rings. The SMILES string of the molecule is COCCC(C)C(CNC1CC1)Cc1ccc(OC)cc1. The van der Waals surface area contributed by atoms with E-state index in [2.05, 4.69) is 36.5 Å². The van der Waals surface area contributed by atoms with E-state index < -0.39 is 0 Å². The second-order valence-electron chi connectivity index (χ2n) is 6.25. The third-order valence-corrected chi connectivity index (χ3v) is 4.49. The molecule has 2 atom stereocenters. The van der Waals surface area contributed by atoms with Crippen LogP contribution in [0, 0.1) is 11.8 Å². The number of ether oxygens (including phenoxy) is 2. The lowest BCUT2D eigenvalue weighted by Crippen LogP contribution is -2.30. The van der Waals surface area contributed by atoms with E-state index in [4.69, 9.17) is 9.47 Å². The van der Waals surface area contributed by atoms with Gasteiger partial charge in [0, 0.05) is 19.8 Å². The fourth-order valence-corrected chi connectivity index (χ4v) is 2.68. The molecule has 1 saturated carbocycles. The summed E-state index contributed by atoms with van der Waals surface area (Å²) in [6.07, 6.45) is 4.95. The second kappa shape index (κ2) is 8.40. The van der Waals surface area contributed by atoms with Crippen LogP contribution in [0.4, 0.5) is 0 Å². The van der Waals surface area contributed by atoms with Crippen molar-refractivity contribution in [2.75, 3.05) is 27.4 Å². The third kappa shape index (κ3) is 5.68. The molecule has 0 aromatic heterocycles. The molecule has 0 aliphatic heterocycles. The standard InChI is InChI=1S/C18H29NO2/c1-14(10-11-20-2)16(13-19-17-6-7-17)12-15-4-8-18(21-3)9-5-15/h4-5,8-9,14,16-17,19H,6-7,10-13H2,1-3H3. The Hall–Kier alpha value is -1.06. The van der Waals surface area contributed by atoms with E-state index in [1.807, 2.05) is 0 Å². The van der Waals surface area contributed by atoms with Gasteiger partial charge in [0.25, 0.3) is 0 Å². The highest BCUT2D eigenvalue weighted by Crippen LogP contribution is 2.24. The first-order valence-corrected chi connectivity index (χ1v) is 8.08. The van der Waals surface area contributed by atoms with Crippen molar-refractivity contribution in [3.8, 4) is 5.75 Å². The Morgan fingerprint density at radius 1 is 1.19 bits per heavy atom. The number of hydrogen-bond donors (Lipinski definition) is 1. The summed E-state index contributed by atoms with van der Waals surface area (Å²) in [6, 6.07) is 9.26. The van der Waals surface area contributed by atoms with Crippen molar-refractivity contribution in [3.63, 3.8) is 0 Å². The van der Waals surface area contributed by atoms with Crippen molar-refractivity contribution in [1.29, 1.82) is 0 Å². The van der Waals surface area contributed by atoms with Crippen LogP contribution in [0.5, 0.6) is 5.75 Å². The summed E-state index contributed by atoms with van der Waals surface area (Å²) in [4.78, 5) is 0. The monoisotopic (exact) mass is 291 g/mol. The lowest BCUT2D eigenvalue weighted by atomic mass is 9.86. The maximum Gasteiger partial charge on any atom is 0.118 e. The average Bonchev–Trinajstić information content (AvgIpc) is 3.34. The Morgan fingerprint density at radius 3 is 2.48 bits per heavy atom. The van der Waals surface area contributed by atoms with E-state index in [0.717, 1.165) is 37.8 Å². The van der Waals surface area contributed by atoms with E-state index >= 15 is 0 Å². The highest BCUT2D eigenvalue weighted by Gasteiger charge is 2.24. The Balaban J connectivity index is 1.91. The minimum atomic E-state index is 0.661. The van der Waals surface area contributed by atoms with Gasteiger partial charge in [-0.05, 0) is 61.8 Å². The number of hydrogen-bond acceptors (Lipinski definition) is 3. The first-order chi connectivity index (χ1) is 10.2. The zero-order valence-electron chi connectivity index (χ0n) is 13.6. The molecular formula is C18H29NO2. The van der Waals surface area contributed by atoms with Gasteiger partial charge >= 0.3 is 0 Å². The summed E-state index contributed by atoms with van der Waals surface area (Å²) in [6.45, 7) is 4.31. The maximum absolute atomic E-state index is 5.24. The summed E-state index contributed by atoms with van der Waals surface area (Å²) in [5.41, 5.74) is 1.39. The molecule has 21 heavy (non-hydrogen) atoms. The molecule has 1 aromatic carbocycles. The lowest BCUT2D eigenvalue weighted by molar-refractivity contribution is 0.163. The summed E-state index contributed by atoms with van der Waals surface area (Å²) in [5.74, 6) is 2.26. The van der Waals surface area contributed by atoms with Gasteiger partial charge in [0.2, 0.25) is 0 Å². The van der Waals surface area contributed by atoms with Gasteiger partial charge in [-0.1, -0.05) is 19.1 Å². The lowest BCUT2D eigenvalue weighted by Gasteiger charge is -2.24. The predicted molar refractivity (Wildman–Crippen MR) is 86.9 cm³/mol. The first kappa shape index (κ1) is 16.3. The quantitative estimate of drug-likeness (QED) is 0.717. The van der Waals surface area contributed by atoms with Gasteiger partial charge in [-0.25, -0.2) is 0 Å². The molecule has 2 unspecified atom stereocenters. The van der Waals surface area contributed by atoms with Crippen LogP contribution in [0.2, 0.25) is 0 Å². The Kier molecular flexibility index (Phi) is 6.52. The van der Waals surface area contributed by atoms with E-state index in [0.29, 0.717) is 11.8 Å². The third-order valence-electron chi connectivity index (χ3n) is 4.49. The molecule has 0 heterocycles. The van der Waals surface area contributed by atoms with E-state index in [-0.39, 0.29) is 0 Å².